The fraction of sp³-hybridized carbons (Fsp3) is 0.0500. The van der Waals surface area contributed by atoms with Gasteiger partial charge in [0.2, 0.25) is 10.8 Å². The van der Waals surface area contributed by atoms with E-state index in [4.69, 9.17) is 4.42 Å². The molecule has 0 saturated heterocycles. The van der Waals surface area contributed by atoms with E-state index in [0.29, 0.717) is 5.56 Å². The van der Waals surface area contributed by atoms with Gasteiger partial charge in [0, 0.05) is 18.1 Å². The number of hydrogen-bond acceptors (Lipinski definition) is 9. The summed E-state index contributed by atoms with van der Waals surface area (Å²) in [5.41, 5.74) is -0.545. The Kier molecular flexibility index (Phi) is 5.51. The fourth-order valence-electron chi connectivity index (χ4n) is 2.96. The minimum Gasteiger partial charge on any atom is -0.505 e. The third kappa shape index (κ3) is 4.49. The first-order valence-electron chi connectivity index (χ1n) is 9.26. The average molecular weight is 489 g/mol. The zero-order valence-electron chi connectivity index (χ0n) is 16.9. The van der Waals surface area contributed by atoms with E-state index in [1.807, 2.05) is 0 Å². The topological polar surface area (TPSA) is 169 Å². The monoisotopic (exact) mass is 488 g/mol. The summed E-state index contributed by atoms with van der Waals surface area (Å²) in [7, 11) is -8.59. The third-order valence-corrected chi connectivity index (χ3v) is 7.22. The van der Waals surface area contributed by atoms with Crippen LogP contribution in [-0.4, -0.2) is 31.9 Å². The molecule has 2 heterocycles. The van der Waals surface area contributed by atoms with Crippen molar-refractivity contribution in [3.63, 3.8) is 0 Å². The summed E-state index contributed by atoms with van der Waals surface area (Å²) in [6.45, 7) is 1.73. The number of nitrogens with one attached hydrogen (secondary N) is 2. The van der Waals surface area contributed by atoms with Gasteiger partial charge in [-0.1, -0.05) is 11.6 Å². The molecule has 0 aliphatic carbocycles. The zero-order valence-corrected chi connectivity index (χ0v) is 18.5. The number of aromatic nitrogens is 2. The number of nitrogens with zero attached hydrogens (tertiary/aromatic N) is 2. The second-order valence-electron chi connectivity index (χ2n) is 6.87. The number of fused-ring (bicyclic) bond motifs is 1. The number of rotatable bonds is 6. The van der Waals surface area contributed by atoms with Gasteiger partial charge in [0.15, 0.2) is 5.75 Å². The lowest BCUT2D eigenvalue weighted by molar-refractivity contribution is 0.442. The van der Waals surface area contributed by atoms with Crippen LogP contribution in [0.1, 0.15) is 5.56 Å². The van der Waals surface area contributed by atoms with E-state index in [-0.39, 0.29) is 27.5 Å². The van der Waals surface area contributed by atoms with Crippen LogP contribution in [-0.2, 0) is 20.0 Å². The van der Waals surface area contributed by atoms with Crippen LogP contribution in [0.3, 0.4) is 0 Å². The predicted octanol–water partition coefficient (Wildman–Crippen LogP) is 2.20. The van der Waals surface area contributed by atoms with E-state index in [9.17, 15) is 26.7 Å². The van der Waals surface area contributed by atoms with Gasteiger partial charge in [0.1, 0.15) is 5.58 Å². The van der Waals surface area contributed by atoms with E-state index >= 15 is 0 Å². The first kappa shape index (κ1) is 22.2. The Hall–Kier alpha value is -3.97. The van der Waals surface area contributed by atoms with Crippen LogP contribution >= 0.6 is 0 Å². The van der Waals surface area contributed by atoms with Gasteiger partial charge in [-0.05, 0) is 49.4 Å². The molecule has 0 saturated carbocycles. The van der Waals surface area contributed by atoms with Crippen molar-refractivity contribution in [2.45, 2.75) is 16.7 Å². The van der Waals surface area contributed by atoms with Crippen LogP contribution in [0.25, 0.3) is 11.0 Å². The van der Waals surface area contributed by atoms with Crippen LogP contribution in [0.5, 0.6) is 5.75 Å². The average Bonchev–Trinajstić information content (AvgIpc) is 2.75. The molecule has 0 spiro atoms. The van der Waals surface area contributed by atoms with Crippen LogP contribution in [0.2, 0.25) is 0 Å². The molecule has 0 aliphatic rings. The Morgan fingerprint density at radius 3 is 2.24 bits per heavy atom. The maximum absolute atomic E-state index is 12.8. The van der Waals surface area contributed by atoms with E-state index in [1.165, 1.54) is 42.7 Å². The van der Waals surface area contributed by atoms with Crippen LogP contribution in [0.4, 0.5) is 11.6 Å². The van der Waals surface area contributed by atoms with Crippen molar-refractivity contribution < 1.29 is 26.4 Å². The maximum atomic E-state index is 12.8. The van der Waals surface area contributed by atoms with E-state index in [2.05, 4.69) is 19.4 Å². The van der Waals surface area contributed by atoms with Crippen LogP contribution < -0.4 is 15.1 Å². The summed E-state index contributed by atoms with van der Waals surface area (Å²) in [4.78, 5) is 18.7. The normalized spacial score (nSPS) is 11.9. The van der Waals surface area contributed by atoms with Gasteiger partial charge in [0.05, 0.1) is 10.3 Å². The molecular weight excluding hydrogens is 472 g/mol. The summed E-state index contributed by atoms with van der Waals surface area (Å²) in [5, 5.41) is 10.5. The molecule has 0 bridgehead atoms. The molecule has 11 nitrogen and oxygen atoms in total. The molecule has 0 aliphatic heterocycles. The van der Waals surface area contributed by atoms with Gasteiger partial charge in [-0.15, -0.1) is 0 Å². The summed E-state index contributed by atoms with van der Waals surface area (Å²) in [5.74, 6) is -0.875. The lowest BCUT2D eigenvalue weighted by Crippen LogP contribution is -2.21. The summed E-state index contributed by atoms with van der Waals surface area (Å²) >= 11 is 0. The molecule has 0 radical (unpaired) electrons. The van der Waals surface area contributed by atoms with Gasteiger partial charge in [-0.25, -0.2) is 36.3 Å². The second-order valence-corrected chi connectivity index (χ2v) is 10.2. The Morgan fingerprint density at radius 2 is 1.58 bits per heavy atom. The van der Waals surface area contributed by atoms with E-state index in [0.717, 1.165) is 12.1 Å². The molecule has 0 amide bonds. The first-order valence-corrected chi connectivity index (χ1v) is 12.2. The van der Waals surface area contributed by atoms with Gasteiger partial charge < -0.3 is 9.52 Å². The molecule has 170 valence electrons. The standard InChI is InChI=1S/C20H16N4O7S2/c1-12-3-8-16-15(11-12)17(25)18(19(26)31-16)33(29,30)23-13-4-6-14(7-5-13)32(27,28)24-20-21-9-2-10-22-20/h2-11,23,25H,1H3,(H,21,22,24). The summed E-state index contributed by atoms with van der Waals surface area (Å²) in [6, 6.07) is 10.8. The molecule has 13 heteroatoms. The van der Waals surface area contributed by atoms with Gasteiger partial charge in [-0.2, -0.15) is 0 Å². The van der Waals surface area contributed by atoms with E-state index in [1.54, 1.807) is 13.0 Å². The maximum Gasteiger partial charge on any atom is 0.361 e. The zero-order chi connectivity index (χ0) is 23.8. The molecule has 0 atom stereocenters. The smallest absolute Gasteiger partial charge is 0.361 e. The Bertz CT molecular complexity index is 1620. The minimum atomic E-state index is -4.57. The highest BCUT2D eigenvalue weighted by Gasteiger charge is 2.27. The molecule has 0 fully saturated rings. The predicted molar refractivity (Wildman–Crippen MR) is 119 cm³/mol. The molecule has 2 aromatic carbocycles. The largest absolute Gasteiger partial charge is 0.505 e. The molecule has 3 N–H and O–H groups in total. The molecular formula is C20H16N4O7S2. The van der Waals surface area contributed by atoms with Crippen molar-refractivity contribution in [2.24, 2.45) is 0 Å². The molecule has 33 heavy (non-hydrogen) atoms. The van der Waals surface area contributed by atoms with Gasteiger partial charge in [-0.3, -0.25) is 4.72 Å². The SMILES string of the molecule is Cc1ccc2oc(=O)c(S(=O)(=O)Nc3ccc(S(=O)(=O)Nc4ncccn4)cc3)c(O)c2c1. The second kappa shape index (κ2) is 8.18. The molecule has 0 unspecified atom stereocenters. The van der Waals surface area contributed by atoms with Crippen molar-refractivity contribution in [3.05, 3.63) is 76.9 Å². The molecule has 4 aromatic rings. The highest BCUT2D eigenvalue weighted by Crippen LogP contribution is 2.31. The number of benzene rings is 2. The minimum absolute atomic E-state index is 0.0338. The fourth-order valence-corrected chi connectivity index (χ4v) is 5.09. The summed E-state index contributed by atoms with van der Waals surface area (Å²) < 4.78 is 59.9. The van der Waals surface area contributed by atoms with E-state index < -0.39 is 36.3 Å². The lowest BCUT2D eigenvalue weighted by Gasteiger charge is -2.11. The van der Waals surface area contributed by atoms with Crippen molar-refractivity contribution >= 4 is 42.7 Å². The van der Waals surface area contributed by atoms with Crippen LogP contribution in [0, 0.1) is 6.92 Å². The number of sulfonamides is 2. The first-order chi connectivity index (χ1) is 15.6. The number of anilines is 2. The van der Waals surface area contributed by atoms with Gasteiger partial charge >= 0.3 is 5.63 Å². The number of aryl methyl sites for hydroxylation is 1. The Labute approximate surface area is 187 Å². The highest BCUT2D eigenvalue weighted by atomic mass is 32.2. The number of aromatic hydroxyl groups is 1. The Morgan fingerprint density at radius 1 is 0.909 bits per heavy atom. The third-order valence-electron chi connectivity index (χ3n) is 4.47. The quantitative estimate of drug-likeness (QED) is 0.344. The van der Waals surface area contributed by atoms with Crippen molar-refractivity contribution in [3.8, 4) is 5.75 Å². The van der Waals surface area contributed by atoms with Crippen LogP contribution in [0.15, 0.2) is 79.9 Å². The van der Waals surface area contributed by atoms with Gasteiger partial charge in [0.25, 0.3) is 20.0 Å². The summed E-state index contributed by atoms with van der Waals surface area (Å²) in [6.07, 6.45) is 2.73. The van der Waals surface area contributed by atoms with Crippen molar-refractivity contribution in [2.75, 3.05) is 9.44 Å². The molecule has 4 rings (SSSR count). The highest BCUT2D eigenvalue weighted by molar-refractivity contribution is 7.93. The Balaban J connectivity index is 1.64. The molecule has 2 aromatic heterocycles. The van der Waals surface area contributed by atoms with Crippen molar-refractivity contribution in [1.82, 2.24) is 9.97 Å². The van der Waals surface area contributed by atoms with Crippen molar-refractivity contribution in [1.29, 1.82) is 0 Å². The number of hydrogen-bond donors (Lipinski definition) is 3. The lowest BCUT2D eigenvalue weighted by atomic mass is 10.1.